The summed E-state index contributed by atoms with van der Waals surface area (Å²) in [5, 5.41) is 9.10. The first kappa shape index (κ1) is 12.1. The fraction of sp³-hybridized carbons (Fsp3) is 0.571. The molecule has 2 atom stereocenters. The Kier molecular flexibility index (Phi) is 3.75. The Bertz CT molecular complexity index is 422. The second-order valence-electron chi connectivity index (χ2n) is 4.92. The van der Waals surface area contributed by atoms with Crippen molar-refractivity contribution in [2.24, 2.45) is 5.92 Å². The van der Waals surface area contributed by atoms with E-state index in [-0.39, 0.29) is 5.92 Å². The Morgan fingerprint density at radius 1 is 1.47 bits per heavy atom. The summed E-state index contributed by atoms with van der Waals surface area (Å²) in [6.45, 7) is 2.85. The van der Waals surface area contributed by atoms with E-state index in [1.807, 2.05) is 19.1 Å². The highest BCUT2D eigenvalue weighted by Gasteiger charge is 2.30. The van der Waals surface area contributed by atoms with Crippen LogP contribution in [0.15, 0.2) is 18.2 Å². The smallest absolute Gasteiger partial charge is 0.0672 e. The van der Waals surface area contributed by atoms with Gasteiger partial charge in [0.1, 0.15) is 0 Å². The van der Waals surface area contributed by atoms with Gasteiger partial charge >= 0.3 is 0 Å². The molecule has 1 aromatic heterocycles. The van der Waals surface area contributed by atoms with E-state index in [0.717, 1.165) is 30.8 Å². The van der Waals surface area contributed by atoms with E-state index in [2.05, 4.69) is 29.1 Å². The van der Waals surface area contributed by atoms with E-state index in [9.17, 15) is 0 Å². The molecule has 0 N–H and O–H groups in total. The van der Waals surface area contributed by atoms with Crippen LogP contribution in [-0.2, 0) is 6.54 Å². The standard InChI is InChI=1S/C14H19N3/c1-11-5-3-7-13(16-11)10-17(2)14-8-4-6-12(14)9-15/h3,5,7,12,14H,4,6,8,10H2,1-2H3. The zero-order valence-corrected chi connectivity index (χ0v) is 10.6. The first-order chi connectivity index (χ1) is 8.20. The first-order valence-electron chi connectivity index (χ1n) is 6.23. The van der Waals surface area contributed by atoms with Crippen LogP contribution in [0.5, 0.6) is 0 Å². The summed E-state index contributed by atoms with van der Waals surface area (Å²) in [6.07, 6.45) is 3.36. The van der Waals surface area contributed by atoms with Gasteiger partial charge in [0.2, 0.25) is 0 Å². The van der Waals surface area contributed by atoms with Crippen molar-refractivity contribution in [2.75, 3.05) is 7.05 Å². The molecular weight excluding hydrogens is 210 g/mol. The Hall–Kier alpha value is -1.40. The topological polar surface area (TPSA) is 39.9 Å². The zero-order chi connectivity index (χ0) is 12.3. The average molecular weight is 229 g/mol. The lowest BCUT2D eigenvalue weighted by molar-refractivity contribution is 0.210. The van der Waals surface area contributed by atoms with Crippen molar-refractivity contribution >= 4 is 0 Å². The predicted molar refractivity (Wildman–Crippen MR) is 67.2 cm³/mol. The number of hydrogen-bond acceptors (Lipinski definition) is 3. The van der Waals surface area contributed by atoms with Crippen molar-refractivity contribution in [2.45, 2.75) is 38.8 Å². The van der Waals surface area contributed by atoms with Crippen LogP contribution < -0.4 is 0 Å². The second kappa shape index (κ2) is 5.29. The monoisotopic (exact) mass is 229 g/mol. The molecule has 17 heavy (non-hydrogen) atoms. The third-order valence-electron chi connectivity index (χ3n) is 3.57. The maximum atomic E-state index is 9.10. The molecule has 0 saturated heterocycles. The second-order valence-corrected chi connectivity index (χ2v) is 4.92. The molecule has 1 aliphatic carbocycles. The van der Waals surface area contributed by atoms with Crippen LogP contribution in [0.2, 0.25) is 0 Å². The number of nitrogens with zero attached hydrogens (tertiary/aromatic N) is 3. The van der Waals surface area contributed by atoms with Crippen LogP contribution in [0.3, 0.4) is 0 Å². The number of hydrogen-bond donors (Lipinski definition) is 0. The van der Waals surface area contributed by atoms with Gasteiger partial charge in [0, 0.05) is 18.3 Å². The minimum atomic E-state index is 0.199. The summed E-state index contributed by atoms with van der Waals surface area (Å²) < 4.78 is 0. The highest BCUT2D eigenvalue weighted by molar-refractivity contribution is 5.10. The van der Waals surface area contributed by atoms with Crippen LogP contribution in [0.1, 0.15) is 30.7 Å². The highest BCUT2D eigenvalue weighted by Crippen LogP contribution is 2.29. The van der Waals surface area contributed by atoms with Crippen molar-refractivity contribution in [1.82, 2.24) is 9.88 Å². The lowest BCUT2D eigenvalue weighted by Gasteiger charge is -2.26. The van der Waals surface area contributed by atoms with Gasteiger partial charge in [-0.15, -0.1) is 0 Å². The van der Waals surface area contributed by atoms with Crippen molar-refractivity contribution in [3.05, 3.63) is 29.6 Å². The Morgan fingerprint density at radius 2 is 2.29 bits per heavy atom. The number of aromatic nitrogens is 1. The lowest BCUT2D eigenvalue weighted by atomic mass is 10.0. The maximum Gasteiger partial charge on any atom is 0.0672 e. The van der Waals surface area contributed by atoms with Gasteiger partial charge in [-0.25, -0.2) is 0 Å². The van der Waals surface area contributed by atoms with E-state index in [4.69, 9.17) is 5.26 Å². The van der Waals surface area contributed by atoms with Crippen LogP contribution in [-0.4, -0.2) is 23.0 Å². The average Bonchev–Trinajstić information content (AvgIpc) is 2.77. The zero-order valence-electron chi connectivity index (χ0n) is 10.6. The molecule has 3 heteroatoms. The molecule has 1 saturated carbocycles. The van der Waals surface area contributed by atoms with E-state index in [0.29, 0.717) is 6.04 Å². The summed E-state index contributed by atoms with van der Waals surface area (Å²) in [5.74, 6) is 0.199. The number of nitriles is 1. The van der Waals surface area contributed by atoms with E-state index >= 15 is 0 Å². The van der Waals surface area contributed by atoms with E-state index in [1.165, 1.54) is 6.42 Å². The van der Waals surface area contributed by atoms with Gasteiger partial charge < -0.3 is 0 Å². The molecule has 0 aliphatic heterocycles. The normalized spacial score (nSPS) is 23.9. The van der Waals surface area contributed by atoms with Crippen LogP contribution in [0.25, 0.3) is 0 Å². The van der Waals surface area contributed by atoms with Gasteiger partial charge in [-0.3, -0.25) is 9.88 Å². The van der Waals surface area contributed by atoms with Crippen molar-refractivity contribution in [1.29, 1.82) is 5.26 Å². The Morgan fingerprint density at radius 3 is 3.00 bits per heavy atom. The fourth-order valence-electron chi connectivity index (χ4n) is 2.68. The minimum absolute atomic E-state index is 0.199. The first-order valence-corrected chi connectivity index (χ1v) is 6.23. The SMILES string of the molecule is Cc1cccc(CN(C)C2CCCC2C#N)n1. The highest BCUT2D eigenvalue weighted by atomic mass is 15.1. The Balaban J connectivity index is 2.02. The number of pyridine rings is 1. The summed E-state index contributed by atoms with van der Waals surface area (Å²) >= 11 is 0. The molecular formula is C14H19N3. The summed E-state index contributed by atoms with van der Waals surface area (Å²) in [7, 11) is 2.10. The molecule has 90 valence electrons. The van der Waals surface area contributed by atoms with Crippen molar-refractivity contribution in [3.8, 4) is 6.07 Å². The molecule has 1 heterocycles. The molecule has 0 amide bonds. The molecule has 0 spiro atoms. The van der Waals surface area contributed by atoms with E-state index in [1.54, 1.807) is 0 Å². The molecule has 1 fully saturated rings. The quantitative estimate of drug-likeness (QED) is 0.799. The predicted octanol–water partition coefficient (Wildman–Crippen LogP) is 2.51. The lowest BCUT2D eigenvalue weighted by Crippen LogP contribution is -2.33. The van der Waals surface area contributed by atoms with Gasteiger partial charge in [-0.1, -0.05) is 12.5 Å². The molecule has 0 bridgehead atoms. The van der Waals surface area contributed by atoms with Gasteiger partial charge in [0.25, 0.3) is 0 Å². The molecule has 1 aromatic rings. The maximum absolute atomic E-state index is 9.10. The molecule has 2 unspecified atom stereocenters. The minimum Gasteiger partial charge on any atom is -0.296 e. The third kappa shape index (κ3) is 2.83. The largest absolute Gasteiger partial charge is 0.296 e. The molecule has 0 aromatic carbocycles. The molecule has 3 nitrogen and oxygen atoms in total. The van der Waals surface area contributed by atoms with Crippen molar-refractivity contribution < 1.29 is 0 Å². The third-order valence-corrected chi connectivity index (χ3v) is 3.57. The van der Waals surface area contributed by atoms with Crippen LogP contribution >= 0.6 is 0 Å². The Labute approximate surface area is 103 Å². The number of aryl methyl sites for hydroxylation is 1. The van der Waals surface area contributed by atoms with Crippen LogP contribution in [0.4, 0.5) is 0 Å². The van der Waals surface area contributed by atoms with Gasteiger partial charge in [-0.05, 0) is 38.9 Å². The summed E-state index contributed by atoms with van der Waals surface area (Å²) in [6, 6.07) is 8.94. The fourth-order valence-corrected chi connectivity index (χ4v) is 2.68. The van der Waals surface area contributed by atoms with Crippen LogP contribution in [0, 0.1) is 24.2 Å². The summed E-state index contributed by atoms with van der Waals surface area (Å²) in [5.41, 5.74) is 2.15. The van der Waals surface area contributed by atoms with Gasteiger partial charge in [0.05, 0.1) is 17.7 Å². The molecule has 2 rings (SSSR count). The summed E-state index contributed by atoms with van der Waals surface area (Å²) in [4.78, 5) is 6.79. The number of rotatable bonds is 3. The van der Waals surface area contributed by atoms with Gasteiger partial charge in [0.15, 0.2) is 0 Å². The van der Waals surface area contributed by atoms with E-state index < -0.39 is 0 Å². The van der Waals surface area contributed by atoms with Crippen molar-refractivity contribution in [3.63, 3.8) is 0 Å². The van der Waals surface area contributed by atoms with Gasteiger partial charge in [-0.2, -0.15) is 5.26 Å². The molecule has 0 radical (unpaired) electrons. The molecule has 1 aliphatic rings.